The molecule has 1 rings (SSSR count). The highest BCUT2D eigenvalue weighted by Gasteiger charge is 2.05. The van der Waals surface area contributed by atoms with E-state index in [0.717, 1.165) is 43.5 Å². The van der Waals surface area contributed by atoms with E-state index in [0.29, 0.717) is 19.8 Å². The maximum Gasteiger partial charge on any atom is 0.191 e. The predicted molar refractivity (Wildman–Crippen MR) is 115 cm³/mol. The van der Waals surface area contributed by atoms with Crippen molar-refractivity contribution < 1.29 is 9.47 Å². The molecule has 6 nitrogen and oxygen atoms in total. The molecule has 0 aliphatic rings. The lowest BCUT2D eigenvalue weighted by atomic mass is 10.2. The highest BCUT2D eigenvalue weighted by molar-refractivity contribution is 14.0. The Hall–Kier alpha value is -1.06. The van der Waals surface area contributed by atoms with Crippen LogP contribution in [0.15, 0.2) is 29.3 Å². The van der Waals surface area contributed by atoms with E-state index in [-0.39, 0.29) is 24.0 Å². The van der Waals surface area contributed by atoms with E-state index in [4.69, 9.17) is 9.47 Å². The van der Waals surface area contributed by atoms with Crippen molar-refractivity contribution in [3.05, 3.63) is 29.8 Å². The van der Waals surface area contributed by atoms with Gasteiger partial charge in [-0.1, -0.05) is 32.0 Å². The summed E-state index contributed by atoms with van der Waals surface area (Å²) >= 11 is 0. The maximum atomic E-state index is 5.97. The summed E-state index contributed by atoms with van der Waals surface area (Å²) < 4.78 is 11.0. The first-order valence-corrected chi connectivity index (χ1v) is 8.61. The molecule has 0 aromatic heterocycles. The van der Waals surface area contributed by atoms with Crippen LogP contribution in [0.2, 0.25) is 0 Å². The number of halogens is 1. The molecule has 0 heterocycles. The molecule has 0 bridgehead atoms. The number of methoxy groups -OCH3 is 1. The van der Waals surface area contributed by atoms with Crippen molar-refractivity contribution in [1.82, 2.24) is 15.5 Å². The number of ether oxygens (including phenoxy) is 2. The summed E-state index contributed by atoms with van der Waals surface area (Å²) in [6.07, 6.45) is 0. The van der Waals surface area contributed by atoms with Crippen LogP contribution >= 0.6 is 24.0 Å². The smallest absolute Gasteiger partial charge is 0.191 e. The van der Waals surface area contributed by atoms with E-state index in [9.17, 15) is 0 Å². The van der Waals surface area contributed by atoms with E-state index in [2.05, 4.69) is 40.4 Å². The largest absolute Gasteiger partial charge is 0.492 e. The molecule has 0 radical (unpaired) electrons. The molecule has 0 aliphatic carbocycles. The van der Waals surface area contributed by atoms with Crippen LogP contribution in [0.25, 0.3) is 0 Å². The molecule has 0 atom stereocenters. The zero-order valence-corrected chi connectivity index (χ0v) is 18.2. The minimum absolute atomic E-state index is 0. The number of benzene rings is 1. The van der Waals surface area contributed by atoms with Crippen LogP contribution < -0.4 is 15.4 Å². The second-order valence-corrected chi connectivity index (χ2v) is 5.33. The molecule has 25 heavy (non-hydrogen) atoms. The van der Waals surface area contributed by atoms with Gasteiger partial charge in [0.1, 0.15) is 12.4 Å². The summed E-state index contributed by atoms with van der Waals surface area (Å²) in [5.41, 5.74) is 1.12. The number of likely N-dealkylation sites (N-methyl/N-ethyl adjacent to an activating group) is 1. The predicted octanol–water partition coefficient (Wildman–Crippen LogP) is 2.34. The molecule has 0 fully saturated rings. The highest BCUT2D eigenvalue weighted by atomic mass is 127. The number of hydrogen-bond donors (Lipinski definition) is 2. The summed E-state index contributed by atoms with van der Waals surface area (Å²) in [6.45, 7) is 10.1. The van der Waals surface area contributed by atoms with Crippen molar-refractivity contribution in [2.45, 2.75) is 20.4 Å². The van der Waals surface area contributed by atoms with Crippen LogP contribution in [-0.4, -0.2) is 64.4 Å². The zero-order chi connectivity index (χ0) is 17.6. The topological polar surface area (TPSA) is 58.1 Å². The normalized spacial score (nSPS) is 11.2. The van der Waals surface area contributed by atoms with Gasteiger partial charge >= 0.3 is 0 Å². The van der Waals surface area contributed by atoms with Crippen molar-refractivity contribution >= 4 is 29.9 Å². The Bertz CT molecular complexity index is 482. The number of aliphatic imine (C=N–C) groups is 1. The minimum atomic E-state index is 0. The van der Waals surface area contributed by atoms with Gasteiger partial charge in [-0.05, 0) is 19.2 Å². The van der Waals surface area contributed by atoms with Crippen molar-refractivity contribution in [3.8, 4) is 5.75 Å². The Morgan fingerprint density at radius 2 is 1.84 bits per heavy atom. The van der Waals surface area contributed by atoms with E-state index >= 15 is 0 Å². The second-order valence-electron chi connectivity index (χ2n) is 5.33. The minimum Gasteiger partial charge on any atom is -0.492 e. The van der Waals surface area contributed by atoms with Crippen molar-refractivity contribution in [2.24, 2.45) is 4.99 Å². The van der Waals surface area contributed by atoms with Crippen LogP contribution in [0, 0.1) is 0 Å². The summed E-state index contributed by atoms with van der Waals surface area (Å²) in [4.78, 5) is 6.55. The third kappa shape index (κ3) is 9.86. The molecule has 0 aliphatic heterocycles. The van der Waals surface area contributed by atoms with Crippen LogP contribution in [0.4, 0.5) is 0 Å². The summed E-state index contributed by atoms with van der Waals surface area (Å²) in [6, 6.07) is 8.11. The van der Waals surface area contributed by atoms with Gasteiger partial charge in [-0.25, -0.2) is 0 Å². The van der Waals surface area contributed by atoms with Gasteiger partial charge in [0.15, 0.2) is 5.96 Å². The standard InChI is InChI=1S/C18H32N4O2.HI/c1-5-22(6-2)12-14-24-17-10-8-7-9-16(17)15-21-18(19-3)20-11-13-23-4;/h7-10H,5-6,11-15H2,1-4H3,(H2,19,20,21);1H. The third-order valence-corrected chi connectivity index (χ3v) is 3.80. The molecule has 1 aromatic carbocycles. The number of para-hydroxylation sites is 1. The van der Waals surface area contributed by atoms with Crippen molar-refractivity contribution in [2.75, 3.05) is 53.6 Å². The van der Waals surface area contributed by atoms with Gasteiger partial charge in [0.2, 0.25) is 0 Å². The number of guanidine groups is 1. The lowest BCUT2D eigenvalue weighted by Gasteiger charge is -2.19. The molecule has 0 saturated carbocycles. The molecule has 1 aromatic rings. The number of hydrogen-bond acceptors (Lipinski definition) is 4. The number of rotatable bonds is 11. The Morgan fingerprint density at radius 3 is 2.48 bits per heavy atom. The second kappa shape index (κ2) is 15.2. The number of nitrogens with zero attached hydrogens (tertiary/aromatic N) is 2. The summed E-state index contributed by atoms with van der Waals surface area (Å²) in [5, 5.41) is 6.50. The van der Waals surface area contributed by atoms with Gasteiger partial charge in [-0.3, -0.25) is 4.99 Å². The van der Waals surface area contributed by atoms with Gasteiger partial charge in [-0.2, -0.15) is 0 Å². The van der Waals surface area contributed by atoms with E-state index in [1.165, 1.54) is 0 Å². The first-order valence-electron chi connectivity index (χ1n) is 8.61. The molecular formula is C18H33IN4O2. The SMILES string of the molecule is CCN(CC)CCOc1ccccc1CNC(=NC)NCCOC.I. The van der Waals surface area contributed by atoms with Crippen LogP contribution in [0.1, 0.15) is 19.4 Å². The average molecular weight is 464 g/mol. The fourth-order valence-electron chi connectivity index (χ4n) is 2.29. The van der Waals surface area contributed by atoms with Gasteiger partial charge in [0, 0.05) is 39.4 Å². The summed E-state index contributed by atoms with van der Waals surface area (Å²) in [5.74, 6) is 1.68. The van der Waals surface area contributed by atoms with Crippen LogP contribution in [0.5, 0.6) is 5.75 Å². The fraction of sp³-hybridized carbons (Fsp3) is 0.611. The first kappa shape index (κ1) is 23.9. The first-order chi connectivity index (χ1) is 11.7. The Balaban J connectivity index is 0.00000576. The fourth-order valence-corrected chi connectivity index (χ4v) is 2.29. The van der Waals surface area contributed by atoms with Crippen molar-refractivity contribution in [3.63, 3.8) is 0 Å². The lowest BCUT2D eigenvalue weighted by molar-refractivity contribution is 0.203. The van der Waals surface area contributed by atoms with Crippen molar-refractivity contribution in [1.29, 1.82) is 0 Å². The zero-order valence-electron chi connectivity index (χ0n) is 15.9. The van der Waals surface area contributed by atoms with E-state index in [1.807, 2.05) is 18.2 Å². The summed E-state index contributed by atoms with van der Waals surface area (Å²) in [7, 11) is 3.44. The van der Waals surface area contributed by atoms with E-state index < -0.39 is 0 Å². The Kier molecular flexibility index (Phi) is 14.6. The van der Waals surface area contributed by atoms with E-state index in [1.54, 1.807) is 14.2 Å². The van der Waals surface area contributed by atoms with Crippen LogP contribution in [-0.2, 0) is 11.3 Å². The Morgan fingerprint density at radius 1 is 1.12 bits per heavy atom. The molecule has 144 valence electrons. The van der Waals surface area contributed by atoms with Gasteiger partial charge in [0.05, 0.1) is 6.61 Å². The third-order valence-electron chi connectivity index (χ3n) is 3.80. The monoisotopic (exact) mass is 464 g/mol. The average Bonchev–Trinajstić information content (AvgIpc) is 2.62. The molecule has 2 N–H and O–H groups in total. The van der Waals surface area contributed by atoms with Gasteiger partial charge in [-0.15, -0.1) is 24.0 Å². The molecule has 7 heteroatoms. The molecule has 0 saturated heterocycles. The molecule has 0 unspecified atom stereocenters. The van der Waals surface area contributed by atoms with Gasteiger partial charge < -0.3 is 25.0 Å². The molecule has 0 amide bonds. The molecule has 0 spiro atoms. The number of nitrogens with one attached hydrogen (secondary N) is 2. The molecular weight excluding hydrogens is 431 g/mol. The Labute approximate surface area is 169 Å². The van der Waals surface area contributed by atoms with Gasteiger partial charge in [0.25, 0.3) is 0 Å². The lowest BCUT2D eigenvalue weighted by Crippen LogP contribution is -2.38. The maximum absolute atomic E-state index is 5.97. The van der Waals surface area contributed by atoms with Crippen LogP contribution in [0.3, 0.4) is 0 Å². The quantitative estimate of drug-likeness (QED) is 0.228. The highest BCUT2D eigenvalue weighted by Crippen LogP contribution is 2.17.